The first-order valence-corrected chi connectivity index (χ1v) is 10.3. The van der Waals surface area contributed by atoms with Crippen molar-refractivity contribution in [2.24, 2.45) is 7.05 Å². The highest BCUT2D eigenvalue weighted by molar-refractivity contribution is 4.84. The number of rotatable bonds is 15. The maximum absolute atomic E-state index is 2.49. The van der Waals surface area contributed by atoms with Crippen LogP contribution in [0.3, 0.4) is 0 Å². The Hall–Kier alpha value is -0.790. The molecule has 0 aliphatic rings. The summed E-state index contributed by atoms with van der Waals surface area (Å²) in [4.78, 5) is 0. The molecule has 0 bridgehead atoms. The van der Waals surface area contributed by atoms with Gasteiger partial charge >= 0.3 is 0 Å². The Morgan fingerprint density at radius 3 is 1.87 bits per heavy atom. The number of aromatic nitrogens is 2. The predicted octanol–water partition coefficient (Wildman–Crippen LogP) is 5.97. The molecule has 2 nitrogen and oxygen atoms in total. The van der Waals surface area contributed by atoms with Crippen LogP contribution in [0.5, 0.6) is 0 Å². The second-order valence-electron chi connectivity index (χ2n) is 7.16. The third kappa shape index (κ3) is 9.17. The third-order valence-corrected chi connectivity index (χ3v) is 4.97. The van der Waals surface area contributed by atoms with Gasteiger partial charge in [-0.15, -0.1) is 0 Å². The van der Waals surface area contributed by atoms with Crippen LogP contribution in [0.2, 0.25) is 0 Å². The number of unbranched alkanes of at least 4 members (excludes halogenated alkanes) is 11. The Labute approximate surface area is 145 Å². The zero-order chi connectivity index (χ0) is 16.8. The molecule has 1 aromatic rings. The second-order valence-corrected chi connectivity index (χ2v) is 7.16. The maximum atomic E-state index is 2.49. The van der Waals surface area contributed by atoms with Gasteiger partial charge in [-0.05, 0) is 19.3 Å². The summed E-state index contributed by atoms with van der Waals surface area (Å²) in [5, 5.41) is 0. The Morgan fingerprint density at radius 2 is 1.26 bits per heavy atom. The monoisotopic (exact) mass is 321 g/mol. The highest BCUT2D eigenvalue weighted by atomic mass is 15.1. The molecule has 0 aromatic carbocycles. The number of hydrogen-bond acceptors (Lipinski definition) is 0. The van der Waals surface area contributed by atoms with E-state index in [0.717, 1.165) is 0 Å². The summed E-state index contributed by atoms with van der Waals surface area (Å²) < 4.78 is 4.81. The molecule has 0 saturated heterocycles. The first-order valence-electron chi connectivity index (χ1n) is 10.3. The third-order valence-electron chi connectivity index (χ3n) is 4.97. The Kier molecular flexibility index (Phi) is 12.0. The highest BCUT2D eigenvalue weighted by Crippen LogP contribution is 2.11. The lowest BCUT2D eigenvalue weighted by atomic mass is 10.1. The van der Waals surface area contributed by atoms with Gasteiger partial charge in [-0.3, -0.25) is 0 Å². The largest absolute Gasteiger partial charge is 0.256 e. The van der Waals surface area contributed by atoms with Gasteiger partial charge in [0.15, 0.2) is 0 Å². The zero-order valence-corrected chi connectivity index (χ0v) is 16.2. The van der Waals surface area contributed by atoms with Gasteiger partial charge in [0.25, 0.3) is 5.82 Å². The summed E-state index contributed by atoms with van der Waals surface area (Å²) in [7, 11) is 2.20. The lowest BCUT2D eigenvalue weighted by molar-refractivity contribution is -0.678. The van der Waals surface area contributed by atoms with Crippen LogP contribution in [-0.2, 0) is 20.0 Å². The van der Waals surface area contributed by atoms with E-state index in [4.69, 9.17) is 0 Å². The molecule has 1 heterocycles. The number of nitrogens with zero attached hydrogens (tertiary/aromatic N) is 2. The molecular formula is C21H41N2+. The van der Waals surface area contributed by atoms with Gasteiger partial charge in [0, 0.05) is 6.42 Å². The molecule has 0 radical (unpaired) electrons. The lowest BCUT2D eigenvalue weighted by Gasteiger charge is -2.04. The van der Waals surface area contributed by atoms with Crippen LogP contribution in [0.15, 0.2) is 12.4 Å². The first-order chi connectivity index (χ1) is 11.3. The van der Waals surface area contributed by atoms with E-state index in [9.17, 15) is 0 Å². The Morgan fingerprint density at radius 1 is 0.739 bits per heavy atom. The standard InChI is InChI=1S/C21H41N2/c1-4-6-8-10-11-12-13-14-16-18-23-20-19-22(3)21(23)17-15-9-7-5-2/h19-20H,4-18H2,1-3H3/q+1. The van der Waals surface area contributed by atoms with Crippen LogP contribution >= 0.6 is 0 Å². The summed E-state index contributed by atoms with van der Waals surface area (Å²) in [5.41, 5.74) is 0. The van der Waals surface area contributed by atoms with Crippen LogP contribution < -0.4 is 4.57 Å². The first kappa shape index (κ1) is 20.3. The van der Waals surface area contributed by atoms with E-state index in [1.165, 1.54) is 102 Å². The smallest absolute Gasteiger partial charge is 0.237 e. The van der Waals surface area contributed by atoms with Crippen molar-refractivity contribution in [2.45, 2.75) is 110 Å². The Balaban J connectivity index is 2.12. The van der Waals surface area contributed by atoms with Crippen LogP contribution in [0, 0.1) is 0 Å². The van der Waals surface area contributed by atoms with Crippen molar-refractivity contribution < 1.29 is 4.57 Å². The minimum atomic E-state index is 1.21. The van der Waals surface area contributed by atoms with Gasteiger partial charge < -0.3 is 0 Å². The van der Waals surface area contributed by atoms with Crippen molar-refractivity contribution in [2.75, 3.05) is 0 Å². The highest BCUT2D eigenvalue weighted by Gasteiger charge is 2.13. The summed E-state index contributed by atoms with van der Waals surface area (Å²) in [6.45, 7) is 5.78. The summed E-state index contributed by atoms with van der Waals surface area (Å²) in [5.74, 6) is 1.51. The summed E-state index contributed by atoms with van der Waals surface area (Å²) in [6, 6.07) is 0. The number of imidazole rings is 1. The van der Waals surface area contributed by atoms with Gasteiger partial charge in [0.2, 0.25) is 0 Å². The molecule has 2 heteroatoms. The topological polar surface area (TPSA) is 8.81 Å². The molecule has 0 aliphatic carbocycles. The molecule has 0 aliphatic heterocycles. The van der Waals surface area contributed by atoms with Crippen molar-refractivity contribution in [3.05, 3.63) is 18.2 Å². The summed E-state index contributed by atoms with van der Waals surface area (Å²) >= 11 is 0. The quantitative estimate of drug-likeness (QED) is 0.278. The van der Waals surface area contributed by atoms with Gasteiger partial charge in [-0.25, -0.2) is 9.13 Å². The molecule has 1 rings (SSSR count). The van der Waals surface area contributed by atoms with Gasteiger partial charge in [0.05, 0.1) is 13.6 Å². The fraction of sp³-hybridized carbons (Fsp3) is 0.857. The molecule has 0 fully saturated rings. The normalized spacial score (nSPS) is 11.3. The van der Waals surface area contributed by atoms with E-state index in [2.05, 4.69) is 42.4 Å². The van der Waals surface area contributed by atoms with Gasteiger partial charge in [-0.1, -0.05) is 78.1 Å². The number of aryl methyl sites for hydroxylation is 2. The van der Waals surface area contributed by atoms with E-state index >= 15 is 0 Å². The van der Waals surface area contributed by atoms with Crippen LogP contribution in [0.1, 0.15) is 103 Å². The van der Waals surface area contributed by atoms with Crippen molar-refractivity contribution in [3.63, 3.8) is 0 Å². The molecule has 23 heavy (non-hydrogen) atoms. The van der Waals surface area contributed by atoms with Crippen molar-refractivity contribution in [3.8, 4) is 0 Å². The Bertz CT molecular complexity index is 381. The van der Waals surface area contributed by atoms with Crippen LogP contribution in [-0.4, -0.2) is 4.57 Å². The molecule has 0 amide bonds. The molecule has 1 aromatic heterocycles. The van der Waals surface area contributed by atoms with E-state index in [1.54, 1.807) is 0 Å². The molecule has 0 saturated carbocycles. The fourth-order valence-electron chi connectivity index (χ4n) is 3.38. The molecule has 134 valence electrons. The molecule has 0 spiro atoms. The maximum Gasteiger partial charge on any atom is 0.256 e. The van der Waals surface area contributed by atoms with E-state index in [-0.39, 0.29) is 0 Å². The molecular weight excluding hydrogens is 280 g/mol. The second kappa shape index (κ2) is 13.6. The predicted molar refractivity (Wildman–Crippen MR) is 101 cm³/mol. The van der Waals surface area contributed by atoms with Crippen molar-refractivity contribution >= 4 is 0 Å². The van der Waals surface area contributed by atoms with Crippen molar-refractivity contribution in [1.82, 2.24) is 4.57 Å². The average Bonchev–Trinajstić information content (AvgIpc) is 2.90. The average molecular weight is 322 g/mol. The SMILES string of the molecule is CCCCCCCCCCCn1cc[n+](C)c1CCCCCC. The summed E-state index contributed by atoms with van der Waals surface area (Å²) in [6.07, 6.45) is 23.9. The van der Waals surface area contributed by atoms with Crippen LogP contribution in [0.4, 0.5) is 0 Å². The number of hydrogen-bond donors (Lipinski definition) is 0. The van der Waals surface area contributed by atoms with Gasteiger partial charge in [0.1, 0.15) is 12.4 Å². The minimum Gasteiger partial charge on any atom is -0.237 e. The van der Waals surface area contributed by atoms with Gasteiger partial charge in [-0.2, -0.15) is 0 Å². The molecule has 0 N–H and O–H groups in total. The molecule has 0 unspecified atom stereocenters. The fourth-order valence-corrected chi connectivity index (χ4v) is 3.38. The van der Waals surface area contributed by atoms with E-state index in [1.807, 2.05) is 0 Å². The van der Waals surface area contributed by atoms with E-state index < -0.39 is 0 Å². The zero-order valence-electron chi connectivity index (χ0n) is 16.2. The minimum absolute atomic E-state index is 1.21. The molecule has 0 atom stereocenters. The van der Waals surface area contributed by atoms with E-state index in [0.29, 0.717) is 0 Å². The van der Waals surface area contributed by atoms with Crippen molar-refractivity contribution in [1.29, 1.82) is 0 Å². The van der Waals surface area contributed by atoms with Crippen LogP contribution in [0.25, 0.3) is 0 Å². The lowest BCUT2D eigenvalue weighted by Crippen LogP contribution is -2.32.